The van der Waals surface area contributed by atoms with Crippen molar-refractivity contribution in [2.24, 2.45) is 0 Å². The highest BCUT2D eigenvalue weighted by Gasteiger charge is 2.19. The second kappa shape index (κ2) is 8.71. The zero-order valence-corrected chi connectivity index (χ0v) is 15.8. The van der Waals surface area contributed by atoms with Crippen molar-refractivity contribution >= 4 is 17.6 Å². The van der Waals surface area contributed by atoms with Crippen molar-refractivity contribution in [2.75, 3.05) is 12.4 Å². The Kier molecular flexibility index (Phi) is 6.12. The number of benzene rings is 2. The van der Waals surface area contributed by atoms with Crippen molar-refractivity contribution in [1.82, 2.24) is 0 Å². The van der Waals surface area contributed by atoms with Gasteiger partial charge in [0.1, 0.15) is 5.75 Å². The average Bonchev–Trinajstić information content (AvgIpc) is 3.14. The SMILES string of the molecule is COc1ccccc1CCC(=O)O[C@@H](C)C(=O)Nc1ccc2c(c1)CCC2. The van der Waals surface area contributed by atoms with Gasteiger partial charge in [0.05, 0.1) is 7.11 Å². The van der Waals surface area contributed by atoms with Crippen molar-refractivity contribution in [3.63, 3.8) is 0 Å². The van der Waals surface area contributed by atoms with Gasteiger partial charge in [-0.25, -0.2) is 0 Å². The number of hydrogen-bond donors (Lipinski definition) is 1. The molecule has 5 nitrogen and oxygen atoms in total. The van der Waals surface area contributed by atoms with Crippen LogP contribution in [0.2, 0.25) is 0 Å². The molecule has 0 saturated heterocycles. The summed E-state index contributed by atoms with van der Waals surface area (Å²) in [5.41, 5.74) is 4.32. The van der Waals surface area contributed by atoms with Gasteiger partial charge in [-0.1, -0.05) is 24.3 Å². The summed E-state index contributed by atoms with van der Waals surface area (Å²) in [6.07, 6.45) is 3.16. The summed E-state index contributed by atoms with van der Waals surface area (Å²) in [5.74, 6) is 0.0174. The highest BCUT2D eigenvalue weighted by Crippen LogP contribution is 2.25. The molecule has 27 heavy (non-hydrogen) atoms. The van der Waals surface area contributed by atoms with Crippen LogP contribution in [0.3, 0.4) is 0 Å². The Bertz CT molecular complexity index is 831. The molecule has 0 radical (unpaired) electrons. The molecular weight excluding hydrogens is 342 g/mol. The third-order valence-corrected chi connectivity index (χ3v) is 4.83. The van der Waals surface area contributed by atoms with E-state index >= 15 is 0 Å². The Balaban J connectivity index is 1.49. The van der Waals surface area contributed by atoms with Gasteiger partial charge in [-0.3, -0.25) is 9.59 Å². The molecular formula is C22H25NO4. The van der Waals surface area contributed by atoms with Crippen LogP contribution < -0.4 is 10.1 Å². The van der Waals surface area contributed by atoms with E-state index in [0.717, 1.165) is 36.3 Å². The number of para-hydroxylation sites is 1. The molecule has 1 atom stereocenters. The molecule has 0 bridgehead atoms. The fraction of sp³-hybridized carbons (Fsp3) is 0.364. The average molecular weight is 367 g/mol. The van der Waals surface area contributed by atoms with Crippen LogP contribution >= 0.6 is 0 Å². The molecule has 1 amide bonds. The lowest BCUT2D eigenvalue weighted by molar-refractivity contribution is -0.153. The molecule has 5 heteroatoms. The van der Waals surface area contributed by atoms with Gasteiger partial charge in [0, 0.05) is 12.1 Å². The predicted molar refractivity (Wildman–Crippen MR) is 104 cm³/mol. The highest BCUT2D eigenvalue weighted by molar-refractivity contribution is 5.95. The van der Waals surface area contributed by atoms with Gasteiger partial charge in [0.15, 0.2) is 6.10 Å². The normalized spacial score (nSPS) is 13.6. The Hall–Kier alpha value is -2.82. The summed E-state index contributed by atoms with van der Waals surface area (Å²) in [7, 11) is 1.60. The molecule has 2 aromatic rings. The van der Waals surface area contributed by atoms with Crippen LogP contribution in [0.1, 0.15) is 36.5 Å². The molecule has 0 unspecified atom stereocenters. The van der Waals surface area contributed by atoms with Crippen LogP contribution in [0.25, 0.3) is 0 Å². The van der Waals surface area contributed by atoms with E-state index in [1.165, 1.54) is 11.1 Å². The monoisotopic (exact) mass is 367 g/mol. The minimum absolute atomic E-state index is 0.191. The minimum Gasteiger partial charge on any atom is -0.496 e. The lowest BCUT2D eigenvalue weighted by Crippen LogP contribution is -2.30. The molecule has 2 aromatic carbocycles. The summed E-state index contributed by atoms with van der Waals surface area (Å²) >= 11 is 0. The van der Waals surface area contributed by atoms with Gasteiger partial charge in [-0.2, -0.15) is 0 Å². The number of aryl methyl sites for hydroxylation is 3. The Morgan fingerprint density at radius 1 is 1.11 bits per heavy atom. The number of carbonyl (C=O) groups excluding carboxylic acids is 2. The van der Waals surface area contributed by atoms with E-state index in [4.69, 9.17) is 9.47 Å². The number of amides is 1. The summed E-state index contributed by atoms with van der Waals surface area (Å²) in [5, 5.41) is 2.83. The van der Waals surface area contributed by atoms with Crippen molar-refractivity contribution in [3.05, 3.63) is 59.2 Å². The second-order valence-corrected chi connectivity index (χ2v) is 6.77. The van der Waals surface area contributed by atoms with Gasteiger partial charge in [-0.15, -0.1) is 0 Å². The first-order valence-corrected chi connectivity index (χ1v) is 9.31. The number of nitrogens with one attached hydrogen (secondary N) is 1. The van der Waals surface area contributed by atoms with Gasteiger partial charge in [0.25, 0.3) is 5.91 Å². The van der Waals surface area contributed by atoms with E-state index in [-0.39, 0.29) is 12.3 Å². The Morgan fingerprint density at radius 2 is 1.89 bits per heavy atom. The first-order valence-electron chi connectivity index (χ1n) is 9.31. The molecule has 3 rings (SSSR count). The molecule has 0 aromatic heterocycles. The summed E-state index contributed by atoms with van der Waals surface area (Å²) in [6, 6.07) is 13.5. The molecule has 0 spiro atoms. The third kappa shape index (κ3) is 4.88. The maximum atomic E-state index is 12.3. The van der Waals surface area contributed by atoms with E-state index in [0.29, 0.717) is 6.42 Å². The van der Waals surface area contributed by atoms with Gasteiger partial charge < -0.3 is 14.8 Å². The third-order valence-electron chi connectivity index (χ3n) is 4.83. The van der Waals surface area contributed by atoms with E-state index in [9.17, 15) is 9.59 Å². The zero-order chi connectivity index (χ0) is 19.2. The van der Waals surface area contributed by atoms with E-state index in [1.807, 2.05) is 36.4 Å². The smallest absolute Gasteiger partial charge is 0.306 e. The van der Waals surface area contributed by atoms with Crippen LogP contribution in [0.15, 0.2) is 42.5 Å². The van der Waals surface area contributed by atoms with Crippen molar-refractivity contribution in [3.8, 4) is 5.75 Å². The van der Waals surface area contributed by atoms with Gasteiger partial charge in [-0.05, 0) is 67.5 Å². The lowest BCUT2D eigenvalue weighted by Gasteiger charge is -2.14. The molecule has 1 aliphatic rings. The topological polar surface area (TPSA) is 64.6 Å². The lowest BCUT2D eigenvalue weighted by atomic mass is 10.1. The zero-order valence-electron chi connectivity index (χ0n) is 15.8. The Labute approximate surface area is 159 Å². The maximum Gasteiger partial charge on any atom is 0.306 e. The predicted octanol–water partition coefficient (Wildman–Crippen LogP) is 3.69. The fourth-order valence-electron chi connectivity index (χ4n) is 3.35. The number of fused-ring (bicyclic) bond motifs is 1. The molecule has 1 N–H and O–H groups in total. The number of anilines is 1. The minimum atomic E-state index is -0.844. The molecule has 0 aliphatic heterocycles. The number of methoxy groups -OCH3 is 1. The molecule has 142 valence electrons. The second-order valence-electron chi connectivity index (χ2n) is 6.77. The molecule has 0 saturated carbocycles. The standard InChI is InChI=1S/C22H25NO4/c1-15(22(25)23-19-12-10-16-7-5-8-18(16)14-19)27-21(24)13-11-17-6-3-4-9-20(17)26-2/h3-4,6,9-10,12,14-15H,5,7-8,11,13H2,1-2H3,(H,23,25)/t15-/m0/s1. The first-order chi connectivity index (χ1) is 13.1. The van der Waals surface area contributed by atoms with Crippen LogP contribution in [0.4, 0.5) is 5.69 Å². The van der Waals surface area contributed by atoms with Crippen LogP contribution in [-0.4, -0.2) is 25.1 Å². The summed E-state index contributed by atoms with van der Waals surface area (Å²) < 4.78 is 10.6. The first kappa shape index (κ1) is 19.0. The summed E-state index contributed by atoms with van der Waals surface area (Å²) in [6.45, 7) is 1.59. The maximum absolute atomic E-state index is 12.3. The van der Waals surface area contributed by atoms with Crippen molar-refractivity contribution in [1.29, 1.82) is 0 Å². The quantitative estimate of drug-likeness (QED) is 0.758. The van der Waals surface area contributed by atoms with Crippen LogP contribution in [-0.2, 0) is 33.6 Å². The summed E-state index contributed by atoms with van der Waals surface area (Å²) in [4.78, 5) is 24.4. The molecule has 1 aliphatic carbocycles. The number of rotatable bonds is 7. The van der Waals surface area contributed by atoms with Gasteiger partial charge >= 0.3 is 5.97 Å². The van der Waals surface area contributed by atoms with Crippen LogP contribution in [0, 0.1) is 0 Å². The van der Waals surface area contributed by atoms with Crippen LogP contribution in [0.5, 0.6) is 5.75 Å². The molecule has 0 heterocycles. The highest BCUT2D eigenvalue weighted by atomic mass is 16.5. The number of esters is 1. The fourth-order valence-corrected chi connectivity index (χ4v) is 3.35. The number of carbonyl (C=O) groups is 2. The Morgan fingerprint density at radius 3 is 2.70 bits per heavy atom. The largest absolute Gasteiger partial charge is 0.496 e. The van der Waals surface area contributed by atoms with E-state index < -0.39 is 12.1 Å². The molecule has 0 fully saturated rings. The van der Waals surface area contributed by atoms with E-state index in [1.54, 1.807) is 14.0 Å². The number of ether oxygens (including phenoxy) is 2. The number of hydrogen-bond acceptors (Lipinski definition) is 4. The van der Waals surface area contributed by atoms with E-state index in [2.05, 4.69) is 11.4 Å². The van der Waals surface area contributed by atoms with Gasteiger partial charge in [0.2, 0.25) is 0 Å². The van der Waals surface area contributed by atoms with Crippen molar-refractivity contribution in [2.45, 2.75) is 45.1 Å². The van der Waals surface area contributed by atoms with Crippen molar-refractivity contribution < 1.29 is 19.1 Å².